The molecule has 0 spiro atoms. The van der Waals surface area contributed by atoms with Crippen molar-refractivity contribution in [3.63, 3.8) is 0 Å². The maximum atomic E-state index is 5.93. The summed E-state index contributed by atoms with van der Waals surface area (Å²) in [7, 11) is 1.73. The number of hydrogen-bond donors (Lipinski definition) is 1. The van der Waals surface area contributed by atoms with Gasteiger partial charge in [0.1, 0.15) is 5.01 Å². The van der Waals surface area contributed by atoms with E-state index >= 15 is 0 Å². The zero-order valence-corrected chi connectivity index (χ0v) is 15.9. The van der Waals surface area contributed by atoms with Gasteiger partial charge < -0.3 is 19.7 Å². The molecular weight excluding hydrogens is 324 g/mol. The van der Waals surface area contributed by atoms with Crippen molar-refractivity contribution in [1.29, 1.82) is 0 Å². The Morgan fingerprint density at radius 1 is 1.42 bits per heavy atom. The number of thiazole rings is 1. The predicted molar refractivity (Wildman–Crippen MR) is 98.7 cm³/mol. The van der Waals surface area contributed by atoms with Gasteiger partial charge in [0.2, 0.25) is 0 Å². The minimum atomic E-state index is 0.364. The summed E-state index contributed by atoms with van der Waals surface area (Å²) >= 11 is 1.71. The standard InChI is InChI=1S/C17H30N4O2S/c1-4-18-17(20-13-16-19-12-14(2)24-16)21-8-6-15(7-9-21)23-11-5-10-22-3/h12,15H,4-11,13H2,1-3H3,(H,18,20). The van der Waals surface area contributed by atoms with E-state index in [2.05, 4.69) is 29.0 Å². The number of nitrogens with one attached hydrogen (secondary N) is 1. The van der Waals surface area contributed by atoms with E-state index in [9.17, 15) is 0 Å². The lowest BCUT2D eigenvalue weighted by molar-refractivity contribution is 0.00990. The molecule has 0 aliphatic carbocycles. The third-order valence-corrected chi connectivity index (χ3v) is 4.85. The van der Waals surface area contributed by atoms with Crippen LogP contribution in [-0.2, 0) is 16.0 Å². The van der Waals surface area contributed by atoms with Crippen molar-refractivity contribution in [2.24, 2.45) is 4.99 Å². The summed E-state index contributed by atoms with van der Waals surface area (Å²) in [5, 5.41) is 4.47. The van der Waals surface area contributed by atoms with Crippen LogP contribution in [0.5, 0.6) is 0 Å². The van der Waals surface area contributed by atoms with Crippen LogP contribution in [0.1, 0.15) is 36.1 Å². The molecule has 0 saturated carbocycles. The first-order valence-electron chi connectivity index (χ1n) is 8.78. The number of methoxy groups -OCH3 is 1. The summed E-state index contributed by atoms with van der Waals surface area (Å²) in [6, 6.07) is 0. The van der Waals surface area contributed by atoms with Gasteiger partial charge in [-0.25, -0.2) is 9.98 Å². The molecule has 1 aromatic heterocycles. The molecule has 1 saturated heterocycles. The maximum absolute atomic E-state index is 5.93. The second-order valence-corrected chi connectivity index (χ2v) is 7.26. The molecule has 1 aliphatic rings. The third-order valence-electron chi connectivity index (χ3n) is 3.96. The molecule has 1 N–H and O–H groups in total. The Kier molecular flexibility index (Phi) is 8.49. The van der Waals surface area contributed by atoms with Gasteiger partial charge in [0, 0.05) is 51.0 Å². The minimum absolute atomic E-state index is 0.364. The Bertz CT molecular complexity index is 499. The first kappa shape index (κ1) is 19.1. The highest BCUT2D eigenvalue weighted by atomic mass is 32.1. The lowest BCUT2D eigenvalue weighted by atomic mass is 10.1. The zero-order chi connectivity index (χ0) is 17.2. The SMILES string of the molecule is CCNC(=NCc1ncc(C)s1)N1CCC(OCCCOC)CC1. The molecular formula is C17H30N4O2S. The zero-order valence-electron chi connectivity index (χ0n) is 15.1. The molecule has 0 bridgehead atoms. The van der Waals surface area contributed by atoms with Gasteiger partial charge >= 0.3 is 0 Å². The van der Waals surface area contributed by atoms with E-state index in [0.717, 1.165) is 63.1 Å². The van der Waals surface area contributed by atoms with Gasteiger partial charge in [0.05, 0.1) is 12.6 Å². The summed E-state index contributed by atoms with van der Waals surface area (Å²) < 4.78 is 11.0. The van der Waals surface area contributed by atoms with Crippen LogP contribution in [0.2, 0.25) is 0 Å². The maximum Gasteiger partial charge on any atom is 0.194 e. The van der Waals surface area contributed by atoms with Crippen LogP contribution in [-0.4, -0.2) is 61.9 Å². The van der Waals surface area contributed by atoms with Gasteiger partial charge in [-0.15, -0.1) is 11.3 Å². The molecule has 1 fully saturated rings. The number of ether oxygens (including phenoxy) is 2. The molecule has 1 aliphatic heterocycles. The molecule has 0 atom stereocenters. The molecule has 6 nitrogen and oxygen atoms in total. The van der Waals surface area contributed by atoms with Gasteiger partial charge in [-0.05, 0) is 33.1 Å². The summed E-state index contributed by atoms with van der Waals surface area (Å²) in [4.78, 5) is 12.7. The Balaban J connectivity index is 1.79. The normalized spacial score (nSPS) is 16.6. The van der Waals surface area contributed by atoms with Crippen molar-refractivity contribution in [1.82, 2.24) is 15.2 Å². The predicted octanol–water partition coefficient (Wildman–Crippen LogP) is 2.43. The Morgan fingerprint density at radius 2 is 2.21 bits per heavy atom. The van der Waals surface area contributed by atoms with E-state index in [-0.39, 0.29) is 0 Å². The second kappa shape index (κ2) is 10.6. The average molecular weight is 355 g/mol. The van der Waals surface area contributed by atoms with Crippen molar-refractivity contribution in [3.8, 4) is 0 Å². The fourth-order valence-electron chi connectivity index (χ4n) is 2.73. The molecule has 2 rings (SSSR count). The van der Waals surface area contributed by atoms with Crippen LogP contribution in [0.4, 0.5) is 0 Å². The Hall–Kier alpha value is -1.18. The summed E-state index contributed by atoms with van der Waals surface area (Å²) in [6.07, 6.45) is 5.34. The highest BCUT2D eigenvalue weighted by Crippen LogP contribution is 2.16. The van der Waals surface area contributed by atoms with Crippen molar-refractivity contribution in [3.05, 3.63) is 16.1 Å². The number of hydrogen-bond acceptors (Lipinski definition) is 5. The van der Waals surface area contributed by atoms with Gasteiger partial charge in [-0.3, -0.25) is 0 Å². The lowest BCUT2D eigenvalue weighted by Gasteiger charge is -2.34. The highest BCUT2D eigenvalue weighted by molar-refractivity contribution is 7.11. The molecule has 2 heterocycles. The number of rotatable bonds is 8. The lowest BCUT2D eigenvalue weighted by Crippen LogP contribution is -2.47. The van der Waals surface area contributed by atoms with Crippen molar-refractivity contribution >= 4 is 17.3 Å². The van der Waals surface area contributed by atoms with Crippen LogP contribution in [0.25, 0.3) is 0 Å². The van der Waals surface area contributed by atoms with Gasteiger partial charge in [0.25, 0.3) is 0 Å². The van der Waals surface area contributed by atoms with E-state index in [1.807, 2.05) is 6.20 Å². The Morgan fingerprint density at radius 3 is 2.83 bits per heavy atom. The number of aliphatic imine (C=N–C) groups is 1. The topological polar surface area (TPSA) is 59.0 Å². The number of piperidine rings is 1. The fourth-order valence-corrected chi connectivity index (χ4v) is 3.44. The quantitative estimate of drug-likeness (QED) is 0.441. The van der Waals surface area contributed by atoms with E-state index in [0.29, 0.717) is 12.6 Å². The van der Waals surface area contributed by atoms with Gasteiger partial charge in [-0.2, -0.15) is 0 Å². The summed E-state index contributed by atoms with van der Waals surface area (Å²) in [5.41, 5.74) is 0. The molecule has 1 aromatic rings. The van der Waals surface area contributed by atoms with E-state index in [1.165, 1.54) is 4.88 Å². The van der Waals surface area contributed by atoms with Crippen LogP contribution in [0.3, 0.4) is 0 Å². The molecule has 136 valence electrons. The average Bonchev–Trinajstić information content (AvgIpc) is 3.01. The van der Waals surface area contributed by atoms with E-state index < -0.39 is 0 Å². The van der Waals surface area contributed by atoms with Gasteiger partial charge in [0.15, 0.2) is 5.96 Å². The van der Waals surface area contributed by atoms with E-state index in [4.69, 9.17) is 14.5 Å². The highest BCUT2D eigenvalue weighted by Gasteiger charge is 2.21. The molecule has 7 heteroatoms. The van der Waals surface area contributed by atoms with Gasteiger partial charge in [-0.1, -0.05) is 0 Å². The van der Waals surface area contributed by atoms with Crippen LogP contribution in [0.15, 0.2) is 11.2 Å². The third kappa shape index (κ3) is 6.37. The summed E-state index contributed by atoms with van der Waals surface area (Å²) in [5.74, 6) is 0.989. The minimum Gasteiger partial charge on any atom is -0.385 e. The molecule has 0 amide bonds. The van der Waals surface area contributed by atoms with Crippen LogP contribution < -0.4 is 5.32 Å². The van der Waals surface area contributed by atoms with Crippen LogP contribution in [0, 0.1) is 6.92 Å². The van der Waals surface area contributed by atoms with Crippen molar-refractivity contribution in [2.45, 2.75) is 45.8 Å². The monoisotopic (exact) mass is 354 g/mol. The summed E-state index contributed by atoms with van der Waals surface area (Å²) in [6.45, 7) is 9.23. The van der Waals surface area contributed by atoms with Crippen molar-refractivity contribution in [2.75, 3.05) is 40.0 Å². The molecule has 0 unspecified atom stereocenters. The molecule has 0 radical (unpaired) electrons. The number of aryl methyl sites for hydroxylation is 1. The Labute approximate surface area is 149 Å². The molecule has 0 aromatic carbocycles. The number of likely N-dealkylation sites (tertiary alicyclic amines) is 1. The van der Waals surface area contributed by atoms with E-state index in [1.54, 1.807) is 18.4 Å². The number of aromatic nitrogens is 1. The smallest absolute Gasteiger partial charge is 0.194 e. The number of guanidine groups is 1. The largest absolute Gasteiger partial charge is 0.385 e. The van der Waals surface area contributed by atoms with Crippen LogP contribution >= 0.6 is 11.3 Å². The fraction of sp³-hybridized carbons (Fsp3) is 0.765. The first-order valence-corrected chi connectivity index (χ1v) is 9.59. The first-order chi connectivity index (χ1) is 11.7. The number of nitrogens with zero attached hydrogens (tertiary/aromatic N) is 3. The molecule has 24 heavy (non-hydrogen) atoms. The second-order valence-electron chi connectivity index (χ2n) is 5.94. The van der Waals surface area contributed by atoms with Crippen molar-refractivity contribution < 1.29 is 9.47 Å².